The molecule has 116 valence electrons. The molecule has 0 radical (unpaired) electrons. The Morgan fingerprint density at radius 2 is 2.05 bits per heavy atom. The molecule has 0 spiro atoms. The Balaban J connectivity index is 2.22. The summed E-state index contributed by atoms with van der Waals surface area (Å²) < 4.78 is 31.8. The molecule has 1 aliphatic heterocycles. The minimum absolute atomic E-state index is 0.156. The third-order valence-corrected chi connectivity index (χ3v) is 5.44. The lowest BCUT2D eigenvalue weighted by Gasteiger charge is -2.23. The van der Waals surface area contributed by atoms with Crippen molar-refractivity contribution in [2.75, 3.05) is 13.2 Å². The van der Waals surface area contributed by atoms with Gasteiger partial charge in [-0.25, -0.2) is 8.42 Å². The highest BCUT2D eigenvalue weighted by Crippen LogP contribution is 2.28. The molecule has 21 heavy (non-hydrogen) atoms. The van der Waals surface area contributed by atoms with Crippen LogP contribution in [0.4, 0.5) is 0 Å². The van der Waals surface area contributed by atoms with Gasteiger partial charge < -0.3 is 9.84 Å². The molecule has 2 rings (SSSR count). The molecular formula is C14H19NO5S. The normalized spacial score (nSPS) is 19.6. The number of sulfonamides is 1. The first-order valence-electron chi connectivity index (χ1n) is 6.91. The molecule has 6 nitrogen and oxygen atoms in total. The van der Waals surface area contributed by atoms with E-state index in [1.165, 1.54) is 16.4 Å². The van der Waals surface area contributed by atoms with Crippen molar-refractivity contribution in [1.82, 2.24) is 4.31 Å². The fourth-order valence-corrected chi connectivity index (χ4v) is 4.23. The largest absolute Gasteiger partial charge is 0.494 e. The zero-order chi connectivity index (χ0) is 15.5. The number of rotatable bonds is 6. The summed E-state index contributed by atoms with van der Waals surface area (Å²) in [5.41, 5.74) is 0. The first-order chi connectivity index (χ1) is 9.95. The fraction of sp³-hybridized carbons (Fsp3) is 0.500. The molecular weight excluding hydrogens is 294 g/mol. The summed E-state index contributed by atoms with van der Waals surface area (Å²) in [4.78, 5) is 11.0. The maximum absolute atomic E-state index is 12.6. The average Bonchev–Trinajstić information content (AvgIpc) is 2.88. The molecule has 0 aliphatic carbocycles. The molecule has 1 saturated heterocycles. The van der Waals surface area contributed by atoms with E-state index in [2.05, 4.69) is 0 Å². The second-order valence-corrected chi connectivity index (χ2v) is 6.80. The third-order valence-electron chi connectivity index (χ3n) is 3.47. The standard InChI is InChI=1S/C14H19NO5S/c1-2-20-12-5-7-13(8-6-12)21(18,19)15-9-3-4-11(15)10-14(16)17/h5-8,11H,2-4,9-10H2,1H3,(H,16,17). The molecule has 1 fully saturated rings. The Morgan fingerprint density at radius 3 is 2.62 bits per heavy atom. The molecule has 1 heterocycles. The Morgan fingerprint density at radius 1 is 1.38 bits per heavy atom. The number of hydrogen-bond donors (Lipinski definition) is 1. The van der Waals surface area contributed by atoms with E-state index in [0.717, 1.165) is 0 Å². The Bertz CT molecular complexity index is 596. The van der Waals surface area contributed by atoms with Crippen LogP contribution in [-0.2, 0) is 14.8 Å². The van der Waals surface area contributed by atoms with Crippen molar-refractivity contribution in [3.05, 3.63) is 24.3 Å². The van der Waals surface area contributed by atoms with E-state index in [1.54, 1.807) is 12.1 Å². The molecule has 1 atom stereocenters. The minimum Gasteiger partial charge on any atom is -0.494 e. The zero-order valence-corrected chi connectivity index (χ0v) is 12.7. The highest BCUT2D eigenvalue weighted by molar-refractivity contribution is 7.89. The van der Waals surface area contributed by atoms with Crippen molar-refractivity contribution in [3.63, 3.8) is 0 Å². The van der Waals surface area contributed by atoms with Crippen LogP contribution in [0.5, 0.6) is 5.75 Å². The summed E-state index contributed by atoms with van der Waals surface area (Å²) in [6.45, 7) is 2.73. The summed E-state index contributed by atoms with van der Waals surface area (Å²) >= 11 is 0. The number of hydrogen-bond acceptors (Lipinski definition) is 4. The highest BCUT2D eigenvalue weighted by atomic mass is 32.2. The fourth-order valence-electron chi connectivity index (χ4n) is 2.54. The summed E-state index contributed by atoms with van der Waals surface area (Å²) in [6.07, 6.45) is 1.12. The number of aliphatic carboxylic acids is 1. The lowest BCUT2D eigenvalue weighted by molar-refractivity contribution is -0.137. The Kier molecular flexibility index (Phi) is 4.84. The van der Waals surface area contributed by atoms with Gasteiger partial charge in [-0.2, -0.15) is 4.31 Å². The van der Waals surface area contributed by atoms with Gasteiger partial charge in [-0.1, -0.05) is 0 Å². The van der Waals surface area contributed by atoms with Crippen LogP contribution in [0.3, 0.4) is 0 Å². The predicted molar refractivity (Wildman–Crippen MR) is 76.8 cm³/mol. The van der Waals surface area contributed by atoms with Gasteiger partial charge >= 0.3 is 5.97 Å². The van der Waals surface area contributed by atoms with Crippen molar-refractivity contribution >= 4 is 16.0 Å². The van der Waals surface area contributed by atoms with E-state index in [1.807, 2.05) is 6.92 Å². The van der Waals surface area contributed by atoms with Crippen LogP contribution in [-0.4, -0.2) is 43.0 Å². The third kappa shape index (κ3) is 3.54. The van der Waals surface area contributed by atoms with Gasteiger partial charge in [0.15, 0.2) is 0 Å². The average molecular weight is 313 g/mol. The zero-order valence-electron chi connectivity index (χ0n) is 11.9. The lowest BCUT2D eigenvalue weighted by atomic mass is 10.2. The van der Waals surface area contributed by atoms with E-state index in [-0.39, 0.29) is 11.3 Å². The second kappa shape index (κ2) is 6.44. The van der Waals surface area contributed by atoms with Gasteiger partial charge in [0.2, 0.25) is 10.0 Å². The van der Waals surface area contributed by atoms with Crippen molar-refractivity contribution in [2.45, 2.75) is 37.1 Å². The van der Waals surface area contributed by atoms with Crippen LogP contribution < -0.4 is 4.74 Å². The number of carboxylic acids is 1. The molecule has 1 unspecified atom stereocenters. The smallest absolute Gasteiger partial charge is 0.304 e. The van der Waals surface area contributed by atoms with E-state index in [0.29, 0.717) is 31.7 Å². The van der Waals surface area contributed by atoms with E-state index >= 15 is 0 Å². The van der Waals surface area contributed by atoms with Crippen molar-refractivity contribution < 1.29 is 23.1 Å². The van der Waals surface area contributed by atoms with Crippen molar-refractivity contribution in [3.8, 4) is 5.75 Å². The number of ether oxygens (including phenoxy) is 1. The topological polar surface area (TPSA) is 83.9 Å². The van der Waals surface area contributed by atoms with Crippen LogP contribution in [0, 0.1) is 0 Å². The molecule has 1 aromatic rings. The summed E-state index contributed by atoms with van der Waals surface area (Å²) in [6, 6.07) is 5.75. The number of carbonyl (C=O) groups is 1. The molecule has 0 aromatic heterocycles. The van der Waals surface area contributed by atoms with Crippen LogP contribution in [0.1, 0.15) is 26.2 Å². The highest BCUT2D eigenvalue weighted by Gasteiger charge is 2.36. The maximum atomic E-state index is 12.6. The summed E-state index contributed by atoms with van der Waals surface area (Å²) in [5, 5.41) is 8.89. The molecule has 0 saturated carbocycles. The van der Waals surface area contributed by atoms with Gasteiger partial charge in [0.05, 0.1) is 17.9 Å². The predicted octanol–water partition coefficient (Wildman–Crippen LogP) is 1.71. The lowest BCUT2D eigenvalue weighted by Crippen LogP contribution is -2.36. The Labute approximate surface area is 124 Å². The quantitative estimate of drug-likeness (QED) is 0.864. The van der Waals surface area contributed by atoms with Gasteiger partial charge in [0, 0.05) is 12.6 Å². The molecule has 1 aliphatic rings. The second-order valence-electron chi connectivity index (χ2n) is 4.91. The van der Waals surface area contributed by atoms with Crippen molar-refractivity contribution in [1.29, 1.82) is 0 Å². The van der Waals surface area contributed by atoms with Crippen LogP contribution >= 0.6 is 0 Å². The summed E-state index contributed by atoms with van der Waals surface area (Å²) in [5.74, 6) is -0.367. The monoisotopic (exact) mass is 313 g/mol. The Hall–Kier alpha value is -1.60. The summed E-state index contributed by atoms with van der Waals surface area (Å²) in [7, 11) is -3.65. The van der Waals surface area contributed by atoms with E-state index in [9.17, 15) is 13.2 Å². The van der Waals surface area contributed by atoms with Gasteiger partial charge in [0.1, 0.15) is 5.75 Å². The number of benzene rings is 1. The van der Waals surface area contributed by atoms with Crippen LogP contribution in [0.15, 0.2) is 29.2 Å². The minimum atomic E-state index is -3.65. The maximum Gasteiger partial charge on any atom is 0.304 e. The van der Waals surface area contributed by atoms with E-state index < -0.39 is 22.0 Å². The van der Waals surface area contributed by atoms with Gasteiger partial charge in [-0.05, 0) is 44.0 Å². The van der Waals surface area contributed by atoms with Crippen molar-refractivity contribution in [2.24, 2.45) is 0 Å². The molecule has 0 bridgehead atoms. The molecule has 1 N–H and O–H groups in total. The van der Waals surface area contributed by atoms with Gasteiger partial charge in [-0.15, -0.1) is 0 Å². The first kappa shape index (κ1) is 15.8. The van der Waals surface area contributed by atoms with Crippen LogP contribution in [0.2, 0.25) is 0 Å². The molecule has 7 heteroatoms. The number of nitrogens with zero attached hydrogens (tertiary/aromatic N) is 1. The van der Waals surface area contributed by atoms with E-state index in [4.69, 9.17) is 9.84 Å². The molecule has 0 amide bonds. The van der Waals surface area contributed by atoms with Gasteiger partial charge in [0.25, 0.3) is 0 Å². The van der Waals surface area contributed by atoms with Gasteiger partial charge in [-0.3, -0.25) is 4.79 Å². The molecule has 1 aromatic carbocycles. The van der Waals surface area contributed by atoms with Crippen LogP contribution in [0.25, 0.3) is 0 Å². The number of carboxylic acid groups (broad SMARTS) is 1. The SMILES string of the molecule is CCOc1ccc(S(=O)(=O)N2CCCC2CC(=O)O)cc1. The first-order valence-corrected chi connectivity index (χ1v) is 8.35.